The Morgan fingerprint density at radius 2 is 1.35 bits per heavy atom. The van der Waals surface area contributed by atoms with Crippen molar-refractivity contribution >= 4 is 11.9 Å². The molecular weight excluding hydrogens is 342 g/mol. The van der Waals surface area contributed by atoms with Gasteiger partial charge in [-0.2, -0.15) is 4.39 Å². The molecule has 0 amide bonds. The fourth-order valence-corrected chi connectivity index (χ4v) is 1.92. The van der Waals surface area contributed by atoms with Crippen LogP contribution in [0.3, 0.4) is 0 Å². The van der Waals surface area contributed by atoms with Gasteiger partial charge in [0.25, 0.3) is 0 Å². The van der Waals surface area contributed by atoms with Crippen molar-refractivity contribution in [2.45, 2.75) is 13.8 Å². The molecule has 134 valence electrons. The van der Waals surface area contributed by atoms with Crippen LogP contribution in [0.5, 0.6) is 11.5 Å². The largest absolute Gasteiger partial charge is 0.423 e. The number of benzene rings is 2. The topological polar surface area (TPSA) is 52.6 Å². The van der Waals surface area contributed by atoms with Gasteiger partial charge in [-0.05, 0) is 43.7 Å². The summed E-state index contributed by atoms with van der Waals surface area (Å²) in [5.41, 5.74) is 0.626. The highest BCUT2D eigenvalue weighted by Gasteiger charge is 2.18. The van der Waals surface area contributed by atoms with E-state index < -0.39 is 29.3 Å². The molecule has 0 fully saturated rings. The molecule has 6 heteroatoms. The smallest absolute Gasteiger partial charge is 0.338 e. The number of hydrogen-bond acceptors (Lipinski definition) is 4. The van der Waals surface area contributed by atoms with Gasteiger partial charge in [-0.25, -0.2) is 14.0 Å². The Bertz CT molecular complexity index is 899. The van der Waals surface area contributed by atoms with E-state index in [9.17, 15) is 18.4 Å². The van der Waals surface area contributed by atoms with Crippen LogP contribution in [-0.2, 0) is 9.59 Å². The minimum Gasteiger partial charge on any atom is -0.423 e. The molecule has 26 heavy (non-hydrogen) atoms. The molecule has 2 aromatic carbocycles. The minimum absolute atomic E-state index is 0.0320. The Labute approximate surface area is 149 Å². The molecule has 0 aromatic heterocycles. The SMILES string of the molecule is C=C(C)C(=O)Oc1ccc(-c2ccc(OC(=O)C(=C)C)c(F)c2F)cc1. The van der Waals surface area contributed by atoms with Gasteiger partial charge in [-0.15, -0.1) is 0 Å². The van der Waals surface area contributed by atoms with Crippen LogP contribution < -0.4 is 9.47 Å². The molecule has 4 nitrogen and oxygen atoms in total. The number of ether oxygens (including phenoxy) is 2. The lowest BCUT2D eigenvalue weighted by Gasteiger charge is -2.10. The molecule has 0 bridgehead atoms. The zero-order valence-corrected chi connectivity index (χ0v) is 14.3. The highest BCUT2D eigenvalue weighted by atomic mass is 19.2. The van der Waals surface area contributed by atoms with Crippen molar-refractivity contribution in [2.24, 2.45) is 0 Å². The van der Waals surface area contributed by atoms with Crippen molar-refractivity contribution in [1.29, 1.82) is 0 Å². The zero-order chi connectivity index (χ0) is 19.4. The van der Waals surface area contributed by atoms with Crippen LogP contribution in [0, 0.1) is 11.6 Å². The summed E-state index contributed by atoms with van der Waals surface area (Å²) in [7, 11) is 0. The van der Waals surface area contributed by atoms with Crippen molar-refractivity contribution in [3.63, 3.8) is 0 Å². The van der Waals surface area contributed by atoms with E-state index in [2.05, 4.69) is 13.2 Å². The summed E-state index contributed by atoms with van der Waals surface area (Å²) in [4.78, 5) is 22.9. The van der Waals surface area contributed by atoms with E-state index in [0.29, 0.717) is 5.56 Å². The highest BCUT2D eigenvalue weighted by molar-refractivity contribution is 5.89. The average Bonchev–Trinajstić information content (AvgIpc) is 2.59. The first-order valence-corrected chi connectivity index (χ1v) is 7.54. The fourth-order valence-electron chi connectivity index (χ4n) is 1.92. The lowest BCUT2D eigenvalue weighted by molar-refractivity contribution is -0.131. The quantitative estimate of drug-likeness (QED) is 0.445. The van der Waals surface area contributed by atoms with Crippen LogP contribution in [0.4, 0.5) is 8.78 Å². The number of halogens is 2. The maximum absolute atomic E-state index is 14.3. The standard InChI is InChI=1S/C20H16F2O4/c1-11(2)19(23)25-14-7-5-13(6-8-14)15-9-10-16(18(22)17(15)21)26-20(24)12(3)4/h5-10H,1,3H2,2,4H3. The van der Waals surface area contributed by atoms with E-state index in [-0.39, 0.29) is 22.5 Å². The highest BCUT2D eigenvalue weighted by Crippen LogP contribution is 2.31. The van der Waals surface area contributed by atoms with Crippen LogP contribution in [-0.4, -0.2) is 11.9 Å². The van der Waals surface area contributed by atoms with Crippen LogP contribution in [0.2, 0.25) is 0 Å². The zero-order valence-electron chi connectivity index (χ0n) is 14.3. The molecule has 0 saturated heterocycles. The number of rotatable bonds is 5. The molecule has 0 spiro atoms. The number of carbonyl (C=O) groups excluding carboxylic acids is 2. The predicted octanol–water partition coefficient (Wildman–Crippen LogP) is 4.59. The van der Waals surface area contributed by atoms with Crippen molar-refractivity contribution in [3.8, 4) is 22.6 Å². The summed E-state index contributed by atoms with van der Waals surface area (Å²) in [5.74, 6) is -4.15. The van der Waals surface area contributed by atoms with Gasteiger partial charge in [0.05, 0.1) is 0 Å². The lowest BCUT2D eigenvalue weighted by Crippen LogP contribution is -2.10. The van der Waals surface area contributed by atoms with Crippen molar-refractivity contribution in [3.05, 3.63) is 72.3 Å². The van der Waals surface area contributed by atoms with E-state index in [1.807, 2.05) is 0 Å². The van der Waals surface area contributed by atoms with E-state index in [1.165, 1.54) is 44.2 Å². The third kappa shape index (κ3) is 4.22. The minimum atomic E-state index is -1.28. The molecule has 0 radical (unpaired) electrons. The Balaban J connectivity index is 2.27. The number of esters is 2. The molecular formula is C20H16F2O4. The average molecular weight is 358 g/mol. The van der Waals surface area contributed by atoms with Gasteiger partial charge in [0.1, 0.15) is 5.75 Å². The first-order chi connectivity index (χ1) is 12.2. The first-order valence-electron chi connectivity index (χ1n) is 7.54. The third-order valence-electron chi connectivity index (χ3n) is 3.32. The van der Waals surface area contributed by atoms with Crippen LogP contribution in [0.15, 0.2) is 60.7 Å². The second-order valence-corrected chi connectivity index (χ2v) is 5.60. The summed E-state index contributed by atoms with van der Waals surface area (Å²) >= 11 is 0. The van der Waals surface area contributed by atoms with Gasteiger partial charge >= 0.3 is 11.9 Å². The van der Waals surface area contributed by atoms with Crippen molar-refractivity contribution in [1.82, 2.24) is 0 Å². The van der Waals surface area contributed by atoms with Gasteiger partial charge < -0.3 is 9.47 Å². The van der Waals surface area contributed by atoms with E-state index >= 15 is 0 Å². The molecule has 2 rings (SSSR count). The molecule has 0 N–H and O–H groups in total. The third-order valence-corrected chi connectivity index (χ3v) is 3.32. The van der Waals surface area contributed by atoms with Crippen LogP contribution in [0.1, 0.15) is 13.8 Å². The summed E-state index contributed by atoms with van der Waals surface area (Å²) in [6.45, 7) is 9.75. The van der Waals surface area contributed by atoms with Gasteiger partial charge in [-0.1, -0.05) is 25.3 Å². The second kappa shape index (κ2) is 7.74. The Hall–Kier alpha value is -3.28. The molecule has 2 aromatic rings. The Morgan fingerprint density at radius 3 is 1.88 bits per heavy atom. The van der Waals surface area contributed by atoms with Crippen molar-refractivity contribution in [2.75, 3.05) is 0 Å². The van der Waals surface area contributed by atoms with E-state index in [1.54, 1.807) is 0 Å². The van der Waals surface area contributed by atoms with E-state index in [4.69, 9.17) is 9.47 Å². The van der Waals surface area contributed by atoms with Gasteiger partial charge in [-0.3, -0.25) is 0 Å². The maximum Gasteiger partial charge on any atom is 0.338 e. The normalized spacial score (nSPS) is 10.2. The summed E-state index contributed by atoms with van der Waals surface area (Å²) in [6, 6.07) is 8.28. The van der Waals surface area contributed by atoms with Crippen LogP contribution >= 0.6 is 0 Å². The number of hydrogen-bond donors (Lipinski definition) is 0. The number of carbonyl (C=O) groups is 2. The molecule has 0 atom stereocenters. The molecule has 0 aliphatic rings. The molecule has 0 aliphatic carbocycles. The van der Waals surface area contributed by atoms with Gasteiger partial charge in [0.2, 0.25) is 5.82 Å². The van der Waals surface area contributed by atoms with E-state index in [0.717, 1.165) is 6.07 Å². The van der Waals surface area contributed by atoms with Gasteiger partial charge in [0.15, 0.2) is 11.6 Å². The summed E-state index contributed by atoms with van der Waals surface area (Å²) < 4.78 is 38.3. The Morgan fingerprint density at radius 1 is 0.808 bits per heavy atom. The van der Waals surface area contributed by atoms with Crippen LogP contribution in [0.25, 0.3) is 11.1 Å². The predicted molar refractivity (Wildman–Crippen MR) is 92.7 cm³/mol. The Kier molecular flexibility index (Phi) is 5.67. The first kappa shape index (κ1) is 19.1. The lowest BCUT2D eigenvalue weighted by atomic mass is 10.0. The van der Waals surface area contributed by atoms with Crippen molar-refractivity contribution < 1.29 is 27.8 Å². The molecule has 0 heterocycles. The monoisotopic (exact) mass is 358 g/mol. The summed E-state index contributed by atoms with van der Waals surface area (Å²) in [6.07, 6.45) is 0. The maximum atomic E-state index is 14.3. The molecule has 0 unspecified atom stereocenters. The second-order valence-electron chi connectivity index (χ2n) is 5.60. The summed E-state index contributed by atoms with van der Waals surface area (Å²) in [5, 5.41) is 0. The fraction of sp³-hybridized carbons (Fsp3) is 0.100. The van der Waals surface area contributed by atoms with Gasteiger partial charge in [0, 0.05) is 16.7 Å². The molecule has 0 aliphatic heterocycles. The molecule has 0 saturated carbocycles.